The number of benzene rings is 3. The summed E-state index contributed by atoms with van der Waals surface area (Å²) in [6.45, 7) is 6.36. The lowest BCUT2D eigenvalue weighted by Crippen LogP contribution is -2.57. The molecule has 0 aliphatic carbocycles. The molecule has 3 aliphatic rings. The van der Waals surface area contributed by atoms with Gasteiger partial charge in [-0.25, -0.2) is 0 Å². The maximum Gasteiger partial charge on any atom is 0.248 e. The van der Waals surface area contributed by atoms with Crippen LogP contribution >= 0.6 is 0 Å². The number of carbonyl (C=O) groups excluding carboxylic acids is 1. The summed E-state index contributed by atoms with van der Waals surface area (Å²) in [6.07, 6.45) is 0.697. The first-order valence-electron chi connectivity index (χ1n) is 11.6. The average Bonchev–Trinajstić information content (AvgIpc) is 3.08. The van der Waals surface area contributed by atoms with E-state index in [2.05, 4.69) is 45.0 Å². The number of carbonyl (C=O) groups is 1. The van der Waals surface area contributed by atoms with Crippen LogP contribution in [0.25, 0.3) is 0 Å². The highest BCUT2D eigenvalue weighted by molar-refractivity contribution is 6.16. The lowest BCUT2D eigenvalue weighted by Gasteiger charge is -2.50. The van der Waals surface area contributed by atoms with Gasteiger partial charge in [0.25, 0.3) is 0 Å². The van der Waals surface area contributed by atoms with Gasteiger partial charge in [0.05, 0.1) is 5.69 Å². The minimum Gasteiger partial charge on any atom is -0.508 e. The molecule has 0 saturated heterocycles. The van der Waals surface area contributed by atoms with Gasteiger partial charge in [0.15, 0.2) is 0 Å². The van der Waals surface area contributed by atoms with E-state index < -0.39 is 11.0 Å². The van der Waals surface area contributed by atoms with Gasteiger partial charge in [0.1, 0.15) is 28.6 Å². The first kappa shape index (κ1) is 21.3. The van der Waals surface area contributed by atoms with Crippen LogP contribution in [-0.2, 0) is 15.6 Å². The topological polar surface area (TPSA) is 99.6 Å². The van der Waals surface area contributed by atoms with Crippen molar-refractivity contribution in [3.8, 4) is 17.6 Å². The van der Waals surface area contributed by atoms with Crippen molar-refractivity contribution in [2.24, 2.45) is 5.73 Å². The normalized spacial score (nSPS) is 25.7. The molecule has 3 aliphatic heterocycles. The van der Waals surface area contributed by atoms with E-state index in [9.17, 15) is 15.2 Å². The van der Waals surface area contributed by atoms with Crippen LogP contribution in [0.5, 0.6) is 11.5 Å². The zero-order valence-electron chi connectivity index (χ0n) is 19.8. The number of fused-ring (bicyclic) bond motifs is 3. The van der Waals surface area contributed by atoms with Crippen LogP contribution in [-0.4, -0.2) is 16.6 Å². The molecule has 174 valence electrons. The van der Waals surface area contributed by atoms with Crippen LogP contribution in [0.4, 0.5) is 5.69 Å². The summed E-state index contributed by atoms with van der Waals surface area (Å²) in [6, 6.07) is 23.1. The molecule has 0 fully saturated rings. The molecule has 6 nitrogen and oxygen atoms in total. The molecular formula is C29H25N3O3. The molecule has 1 amide bonds. The predicted molar refractivity (Wildman–Crippen MR) is 132 cm³/mol. The monoisotopic (exact) mass is 463 g/mol. The number of anilines is 1. The lowest BCUT2D eigenvalue weighted by molar-refractivity contribution is -0.122. The van der Waals surface area contributed by atoms with E-state index in [1.54, 1.807) is 6.07 Å². The molecule has 6 heteroatoms. The third-order valence-corrected chi connectivity index (χ3v) is 7.91. The Morgan fingerprint density at radius 2 is 1.71 bits per heavy atom. The summed E-state index contributed by atoms with van der Waals surface area (Å²) in [5, 5.41) is 20.4. The van der Waals surface area contributed by atoms with Gasteiger partial charge in [-0.05, 0) is 43.5 Å². The smallest absolute Gasteiger partial charge is 0.248 e. The van der Waals surface area contributed by atoms with Gasteiger partial charge in [0, 0.05) is 28.1 Å². The zero-order valence-corrected chi connectivity index (χ0v) is 19.8. The molecule has 2 atom stereocenters. The molecule has 0 bridgehead atoms. The molecule has 0 aromatic heterocycles. The predicted octanol–water partition coefficient (Wildman–Crippen LogP) is 4.60. The van der Waals surface area contributed by atoms with E-state index in [4.69, 9.17) is 10.5 Å². The minimum atomic E-state index is -1.45. The van der Waals surface area contributed by atoms with Crippen molar-refractivity contribution in [3.63, 3.8) is 0 Å². The summed E-state index contributed by atoms with van der Waals surface area (Å²) in [5.41, 5.74) is 8.21. The first-order chi connectivity index (χ1) is 16.7. The Balaban J connectivity index is 1.75. The number of nitrogens with two attached hydrogens (primary N) is 1. The van der Waals surface area contributed by atoms with Crippen LogP contribution in [0.3, 0.4) is 0 Å². The summed E-state index contributed by atoms with van der Waals surface area (Å²) < 4.78 is 5.75. The maximum absolute atomic E-state index is 14.6. The molecule has 0 saturated carbocycles. The third-order valence-electron chi connectivity index (χ3n) is 7.91. The quantitative estimate of drug-likeness (QED) is 0.550. The Hall–Kier alpha value is -4.24. The molecule has 3 aromatic rings. The SMILES string of the molecule is CC1(C)C[C@](C)(c2ccccc2)c2cccc3c2N1C(=O)[C@@]31C(C#N)=C(N)Oc2cc(O)ccc21. The van der Waals surface area contributed by atoms with Crippen LogP contribution in [0.15, 0.2) is 78.2 Å². The van der Waals surface area contributed by atoms with Crippen LogP contribution in [0, 0.1) is 11.3 Å². The molecular weight excluding hydrogens is 438 g/mol. The highest BCUT2D eigenvalue weighted by atomic mass is 16.5. The van der Waals surface area contributed by atoms with Crippen LogP contribution in [0.2, 0.25) is 0 Å². The number of aromatic hydroxyl groups is 1. The van der Waals surface area contributed by atoms with E-state index in [-0.39, 0.29) is 34.3 Å². The van der Waals surface area contributed by atoms with Gasteiger partial charge in [-0.1, -0.05) is 55.5 Å². The summed E-state index contributed by atoms with van der Waals surface area (Å²) in [4.78, 5) is 16.5. The average molecular weight is 464 g/mol. The number of nitrogens with zero attached hydrogens (tertiary/aromatic N) is 2. The molecule has 3 aromatic carbocycles. The van der Waals surface area contributed by atoms with Gasteiger partial charge < -0.3 is 20.5 Å². The van der Waals surface area contributed by atoms with E-state index in [1.807, 2.05) is 35.2 Å². The molecule has 1 spiro atoms. The number of hydrogen-bond acceptors (Lipinski definition) is 5. The second kappa shape index (κ2) is 6.67. The van der Waals surface area contributed by atoms with Crippen molar-refractivity contribution in [1.82, 2.24) is 0 Å². The largest absolute Gasteiger partial charge is 0.508 e. The van der Waals surface area contributed by atoms with E-state index in [1.165, 1.54) is 17.7 Å². The number of para-hydroxylation sites is 1. The number of rotatable bonds is 1. The Morgan fingerprint density at radius 3 is 2.43 bits per heavy atom. The highest BCUT2D eigenvalue weighted by Gasteiger charge is 2.64. The molecule has 6 rings (SSSR count). The maximum atomic E-state index is 14.6. The molecule has 0 unspecified atom stereocenters. The number of hydrogen-bond donors (Lipinski definition) is 2. The van der Waals surface area contributed by atoms with Crippen molar-refractivity contribution in [3.05, 3.63) is 100 Å². The van der Waals surface area contributed by atoms with E-state index in [0.717, 1.165) is 11.3 Å². The first-order valence-corrected chi connectivity index (χ1v) is 11.6. The molecule has 3 heterocycles. The molecule has 3 N–H and O–H groups in total. The van der Waals surface area contributed by atoms with Crippen molar-refractivity contribution in [2.75, 3.05) is 4.90 Å². The number of phenols is 1. The fourth-order valence-electron chi connectivity index (χ4n) is 6.63. The Kier molecular flexibility index (Phi) is 4.06. The summed E-state index contributed by atoms with van der Waals surface area (Å²) >= 11 is 0. The Morgan fingerprint density at radius 1 is 1.00 bits per heavy atom. The second-order valence-electron chi connectivity index (χ2n) is 10.4. The zero-order chi connectivity index (χ0) is 24.8. The molecule has 0 radical (unpaired) electrons. The third kappa shape index (κ3) is 2.45. The fraction of sp³-hybridized carbons (Fsp3) is 0.241. The lowest BCUT2D eigenvalue weighted by atomic mass is 9.64. The van der Waals surface area contributed by atoms with Gasteiger partial charge in [-0.2, -0.15) is 5.26 Å². The van der Waals surface area contributed by atoms with E-state index in [0.29, 0.717) is 17.5 Å². The fourth-order valence-corrected chi connectivity index (χ4v) is 6.63. The van der Waals surface area contributed by atoms with Crippen molar-refractivity contribution in [2.45, 2.75) is 43.6 Å². The number of nitriles is 1. The van der Waals surface area contributed by atoms with Gasteiger partial charge in [-0.15, -0.1) is 0 Å². The van der Waals surface area contributed by atoms with Gasteiger partial charge in [-0.3, -0.25) is 4.79 Å². The summed E-state index contributed by atoms with van der Waals surface area (Å²) in [7, 11) is 0. The van der Waals surface area contributed by atoms with Gasteiger partial charge >= 0.3 is 0 Å². The van der Waals surface area contributed by atoms with Crippen molar-refractivity contribution >= 4 is 11.6 Å². The standard InChI is InChI=1S/C29H25N3O3/c1-27(2)16-28(3,17-8-5-4-6-9-17)20-10-7-11-21-24(20)32(27)26(34)29(21)19-13-12-18(33)14-23(19)35-25(31)22(29)15-30/h4-14,33H,16,31H2,1-3H3/t28-,29-/m1/s1. The van der Waals surface area contributed by atoms with Crippen molar-refractivity contribution < 1.29 is 14.6 Å². The summed E-state index contributed by atoms with van der Waals surface area (Å²) in [5.74, 6) is -0.0876. The van der Waals surface area contributed by atoms with E-state index >= 15 is 0 Å². The van der Waals surface area contributed by atoms with Crippen molar-refractivity contribution in [1.29, 1.82) is 5.26 Å². The van der Waals surface area contributed by atoms with Crippen LogP contribution in [0.1, 0.15) is 49.4 Å². The minimum absolute atomic E-state index is 0.00955. The Labute approximate surface area is 203 Å². The Bertz CT molecular complexity index is 1500. The molecule has 35 heavy (non-hydrogen) atoms. The van der Waals surface area contributed by atoms with Crippen LogP contribution < -0.4 is 15.4 Å². The number of ether oxygens (including phenoxy) is 1. The number of phenolic OH excluding ortho intramolecular Hbond substituents is 1. The van der Waals surface area contributed by atoms with Gasteiger partial charge in [0.2, 0.25) is 11.8 Å². The number of amides is 1. The highest BCUT2D eigenvalue weighted by Crippen LogP contribution is 2.62. The second-order valence-corrected chi connectivity index (χ2v) is 10.4.